The summed E-state index contributed by atoms with van der Waals surface area (Å²) in [5.74, 6) is 0.599. The summed E-state index contributed by atoms with van der Waals surface area (Å²) in [6.07, 6.45) is 0.344. The maximum Gasteiger partial charge on any atom is 0.433 e. The van der Waals surface area contributed by atoms with Gasteiger partial charge in [0.2, 0.25) is 5.95 Å². The first kappa shape index (κ1) is 21.2. The summed E-state index contributed by atoms with van der Waals surface area (Å²) >= 11 is 0. The highest BCUT2D eigenvalue weighted by Gasteiger charge is 2.46. The summed E-state index contributed by atoms with van der Waals surface area (Å²) in [4.78, 5) is 26.0. The molecule has 5 rings (SSSR count). The van der Waals surface area contributed by atoms with E-state index in [1.165, 1.54) is 24.3 Å². The summed E-state index contributed by atoms with van der Waals surface area (Å²) in [5, 5.41) is 8.25. The largest absolute Gasteiger partial charge is 0.497 e. The minimum Gasteiger partial charge on any atom is -0.497 e. The van der Waals surface area contributed by atoms with Gasteiger partial charge in [0.1, 0.15) is 11.4 Å². The fourth-order valence-corrected chi connectivity index (χ4v) is 4.35. The highest BCUT2D eigenvalue weighted by molar-refractivity contribution is 5.99. The number of carbonyl (C=O) groups is 1. The van der Waals surface area contributed by atoms with Crippen LogP contribution in [0.5, 0.6) is 5.75 Å². The van der Waals surface area contributed by atoms with Crippen molar-refractivity contribution in [2.75, 3.05) is 31.6 Å². The molecule has 0 saturated carbocycles. The summed E-state index contributed by atoms with van der Waals surface area (Å²) in [6.45, 7) is 1.47. The van der Waals surface area contributed by atoms with Crippen LogP contribution in [-0.4, -0.2) is 68.6 Å². The van der Waals surface area contributed by atoms with Crippen molar-refractivity contribution in [2.45, 2.75) is 18.6 Å². The van der Waals surface area contributed by atoms with E-state index in [1.54, 1.807) is 28.0 Å². The topological polar surface area (TPSA) is 89.3 Å². The first-order valence-electron chi connectivity index (χ1n) is 10.4. The number of piperidine rings is 1. The van der Waals surface area contributed by atoms with Gasteiger partial charge in [-0.2, -0.15) is 28.2 Å². The van der Waals surface area contributed by atoms with E-state index >= 15 is 0 Å². The molecule has 2 atom stereocenters. The van der Waals surface area contributed by atoms with Crippen LogP contribution in [0.25, 0.3) is 5.69 Å². The highest BCUT2D eigenvalue weighted by atomic mass is 19.4. The van der Waals surface area contributed by atoms with Gasteiger partial charge in [-0.1, -0.05) is 0 Å². The molecule has 0 N–H and O–H groups in total. The molecular weight excluding hydrogens is 439 g/mol. The van der Waals surface area contributed by atoms with E-state index in [0.717, 1.165) is 18.7 Å². The first-order chi connectivity index (χ1) is 15.8. The molecule has 33 heavy (non-hydrogen) atoms. The maximum atomic E-state index is 13.5. The number of hydrogen-bond acceptors (Lipinski definition) is 7. The number of ether oxygens (including phenoxy) is 1. The molecule has 2 aliphatic heterocycles. The Hall–Kier alpha value is -3.70. The van der Waals surface area contributed by atoms with Crippen LogP contribution in [0.2, 0.25) is 0 Å². The molecule has 2 saturated heterocycles. The number of likely N-dealkylation sites (tertiary alicyclic amines) is 1. The number of carbonyl (C=O) groups excluding carboxylic acids is 1. The van der Waals surface area contributed by atoms with E-state index < -0.39 is 11.9 Å². The Kier molecular flexibility index (Phi) is 5.14. The van der Waals surface area contributed by atoms with E-state index in [4.69, 9.17) is 4.74 Å². The molecule has 2 unspecified atom stereocenters. The maximum absolute atomic E-state index is 13.5. The van der Waals surface area contributed by atoms with Gasteiger partial charge in [0.15, 0.2) is 0 Å². The first-order valence-corrected chi connectivity index (χ1v) is 10.4. The Balaban J connectivity index is 1.39. The molecule has 0 bridgehead atoms. The number of rotatable bonds is 4. The second kappa shape index (κ2) is 8.01. The lowest BCUT2D eigenvalue weighted by molar-refractivity contribution is -0.141. The minimum absolute atomic E-state index is 0.0189. The second-order valence-electron chi connectivity index (χ2n) is 7.96. The number of alkyl halides is 3. The minimum atomic E-state index is -4.54. The predicted octanol–water partition coefficient (Wildman–Crippen LogP) is 2.44. The van der Waals surface area contributed by atoms with Crippen LogP contribution in [0, 0.1) is 5.92 Å². The van der Waals surface area contributed by atoms with Crippen molar-refractivity contribution in [2.24, 2.45) is 5.92 Å². The number of amides is 1. The molecule has 1 amide bonds. The lowest BCUT2D eigenvalue weighted by atomic mass is 9.81. The number of nitrogens with zero attached hydrogens (tertiary/aromatic N) is 7. The zero-order valence-corrected chi connectivity index (χ0v) is 17.6. The van der Waals surface area contributed by atoms with Crippen LogP contribution in [-0.2, 0) is 6.18 Å². The molecule has 9 nitrogen and oxygen atoms in total. The average Bonchev–Trinajstić information content (AvgIpc) is 3.33. The van der Waals surface area contributed by atoms with E-state index in [1.807, 2.05) is 0 Å². The van der Waals surface area contributed by atoms with Gasteiger partial charge in [-0.05, 0) is 30.7 Å². The molecule has 172 valence electrons. The van der Waals surface area contributed by atoms with Crippen LogP contribution in [0.1, 0.15) is 22.5 Å². The van der Waals surface area contributed by atoms with Crippen molar-refractivity contribution < 1.29 is 22.7 Å². The summed E-state index contributed by atoms with van der Waals surface area (Å²) in [5.41, 5.74) is -0.0801. The van der Waals surface area contributed by atoms with Crippen molar-refractivity contribution in [3.8, 4) is 11.4 Å². The van der Waals surface area contributed by atoms with Crippen molar-refractivity contribution in [1.29, 1.82) is 0 Å². The smallest absolute Gasteiger partial charge is 0.433 e. The molecule has 2 aliphatic rings. The third-order valence-electron chi connectivity index (χ3n) is 6.10. The standard InChI is InChI=1S/C21H20F3N7O2/c1-33-14-2-3-16(31-26-7-8-27-31)15(10-14)19(32)30-11-13-5-9-29(12-17(13)30)20-25-6-4-18(28-20)21(22,23)24/h2-4,6-8,10,13,17H,5,9,11-12H2,1H3. The second-order valence-corrected chi connectivity index (χ2v) is 7.96. The van der Waals surface area contributed by atoms with Crippen molar-refractivity contribution in [3.05, 3.63) is 54.1 Å². The van der Waals surface area contributed by atoms with Gasteiger partial charge in [0.25, 0.3) is 5.91 Å². The number of aromatic nitrogens is 5. The molecule has 0 spiro atoms. The monoisotopic (exact) mass is 459 g/mol. The molecule has 1 aromatic carbocycles. The average molecular weight is 459 g/mol. The summed E-state index contributed by atoms with van der Waals surface area (Å²) in [6, 6.07) is 5.77. The van der Waals surface area contributed by atoms with Gasteiger partial charge >= 0.3 is 6.18 Å². The number of hydrogen-bond donors (Lipinski definition) is 0. The van der Waals surface area contributed by atoms with Crippen molar-refractivity contribution in [3.63, 3.8) is 0 Å². The van der Waals surface area contributed by atoms with Crippen molar-refractivity contribution in [1.82, 2.24) is 29.9 Å². The Labute approximate surface area is 186 Å². The Morgan fingerprint density at radius 3 is 2.64 bits per heavy atom. The molecular formula is C21H20F3N7O2. The Bertz CT molecular complexity index is 1170. The van der Waals surface area contributed by atoms with Crippen LogP contribution in [0.4, 0.5) is 19.1 Å². The number of anilines is 1. The fraction of sp³-hybridized carbons (Fsp3) is 0.381. The van der Waals surface area contributed by atoms with Crippen LogP contribution < -0.4 is 9.64 Å². The molecule has 2 fully saturated rings. The molecule has 12 heteroatoms. The summed E-state index contributed by atoms with van der Waals surface area (Å²) < 4.78 is 44.5. The number of halogens is 3. The third-order valence-corrected chi connectivity index (χ3v) is 6.10. The highest BCUT2D eigenvalue weighted by Crippen LogP contribution is 2.36. The van der Waals surface area contributed by atoms with E-state index in [-0.39, 0.29) is 23.8 Å². The quantitative estimate of drug-likeness (QED) is 0.592. The van der Waals surface area contributed by atoms with E-state index in [2.05, 4.69) is 20.2 Å². The predicted molar refractivity (Wildman–Crippen MR) is 110 cm³/mol. The third kappa shape index (κ3) is 3.85. The fourth-order valence-electron chi connectivity index (χ4n) is 4.35. The normalized spacial score (nSPS) is 20.2. The Morgan fingerprint density at radius 1 is 1.12 bits per heavy atom. The molecule has 0 radical (unpaired) electrons. The molecule has 0 aliphatic carbocycles. The zero-order chi connectivity index (χ0) is 23.2. The Morgan fingerprint density at radius 2 is 1.91 bits per heavy atom. The number of benzene rings is 1. The van der Waals surface area contributed by atoms with E-state index in [9.17, 15) is 18.0 Å². The van der Waals surface area contributed by atoms with Crippen molar-refractivity contribution >= 4 is 11.9 Å². The van der Waals surface area contributed by atoms with Gasteiger partial charge in [0, 0.05) is 31.7 Å². The van der Waals surface area contributed by atoms with Gasteiger partial charge in [-0.3, -0.25) is 4.79 Å². The van der Waals surface area contributed by atoms with E-state index in [0.29, 0.717) is 36.6 Å². The van der Waals surface area contributed by atoms with Crippen LogP contribution >= 0.6 is 0 Å². The van der Waals surface area contributed by atoms with Crippen LogP contribution in [0.15, 0.2) is 42.9 Å². The van der Waals surface area contributed by atoms with Gasteiger partial charge in [0.05, 0.1) is 36.8 Å². The lowest BCUT2D eigenvalue weighted by Crippen LogP contribution is -2.66. The van der Waals surface area contributed by atoms with Gasteiger partial charge < -0.3 is 14.5 Å². The number of methoxy groups -OCH3 is 1. The molecule has 2 aromatic heterocycles. The van der Waals surface area contributed by atoms with Gasteiger partial charge in [-0.15, -0.1) is 0 Å². The summed E-state index contributed by atoms with van der Waals surface area (Å²) in [7, 11) is 1.52. The van der Waals surface area contributed by atoms with Gasteiger partial charge in [-0.25, -0.2) is 9.97 Å². The molecule has 4 heterocycles. The zero-order valence-electron chi connectivity index (χ0n) is 17.6. The van der Waals surface area contributed by atoms with Crippen LogP contribution in [0.3, 0.4) is 0 Å². The SMILES string of the molecule is COc1ccc(-n2nccn2)c(C(=O)N2CC3CCN(c4nccc(C(F)(F)F)n4)CC32)c1. The lowest BCUT2D eigenvalue weighted by Gasteiger charge is -2.53. The number of fused-ring (bicyclic) bond motifs is 1. The molecule has 3 aromatic rings.